The molecule has 1 atom stereocenters. The summed E-state index contributed by atoms with van der Waals surface area (Å²) < 4.78 is 11.0. The van der Waals surface area contributed by atoms with Gasteiger partial charge in [0.2, 0.25) is 5.88 Å². The molecule has 5 heteroatoms. The van der Waals surface area contributed by atoms with Gasteiger partial charge in [-0.2, -0.15) is 0 Å². The second-order valence-corrected chi connectivity index (χ2v) is 6.29. The number of hydrogen-bond donors (Lipinski definition) is 1. The van der Waals surface area contributed by atoms with Gasteiger partial charge in [-0.3, -0.25) is 4.79 Å². The molecule has 0 aromatic heterocycles. The molecule has 0 bridgehead atoms. The number of rotatable bonds is 3. The Hall–Kier alpha value is -2.56. The molecule has 3 rings (SSSR count). The van der Waals surface area contributed by atoms with E-state index in [0.717, 1.165) is 12.0 Å². The summed E-state index contributed by atoms with van der Waals surface area (Å²) in [5, 5.41) is 0. The van der Waals surface area contributed by atoms with Crippen LogP contribution in [0.2, 0.25) is 0 Å². The Morgan fingerprint density at radius 3 is 2.62 bits per heavy atom. The van der Waals surface area contributed by atoms with Crippen LogP contribution in [0, 0.1) is 0 Å². The first-order valence-corrected chi connectivity index (χ1v) is 8.18. The number of esters is 1. The van der Waals surface area contributed by atoms with Crippen molar-refractivity contribution >= 4 is 11.8 Å². The van der Waals surface area contributed by atoms with E-state index in [9.17, 15) is 9.59 Å². The lowest BCUT2D eigenvalue weighted by atomic mass is 9.77. The monoisotopic (exact) mass is 327 g/mol. The van der Waals surface area contributed by atoms with Crippen molar-refractivity contribution in [3.8, 4) is 0 Å². The number of hydrogen-bond acceptors (Lipinski definition) is 5. The molecule has 0 fully saturated rings. The molecule has 0 saturated heterocycles. The standard InChI is InChI=1S/C19H21NO4/c1-11(2)23-19(22)17-15(12-7-4-3-5-8-12)16-13(21)9-6-10-14(16)24-18(17)20/h3-5,7-8,11,15H,6,9-10,20H2,1-2H3/t15-/m0/s1. The first-order chi connectivity index (χ1) is 11.5. The molecule has 0 spiro atoms. The zero-order valence-electron chi connectivity index (χ0n) is 13.9. The minimum Gasteiger partial charge on any atom is -0.459 e. The van der Waals surface area contributed by atoms with Crippen molar-refractivity contribution in [3.63, 3.8) is 0 Å². The van der Waals surface area contributed by atoms with Crippen LogP contribution in [0.3, 0.4) is 0 Å². The van der Waals surface area contributed by atoms with Crippen molar-refractivity contribution in [2.45, 2.75) is 45.1 Å². The molecule has 0 radical (unpaired) electrons. The number of allylic oxidation sites excluding steroid dienone is 2. The van der Waals surface area contributed by atoms with Gasteiger partial charge in [0, 0.05) is 18.4 Å². The van der Waals surface area contributed by atoms with E-state index in [1.165, 1.54) is 0 Å². The van der Waals surface area contributed by atoms with Crippen LogP contribution in [-0.2, 0) is 19.1 Å². The molecule has 5 nitrogen and oxygen atoms in total. The highest BCUT2D eigenvalue weighted by Gasteiger charge is 2.41. The molecule has 1 aliphatic carbocycles. The van der Waals surface area contributed by atoms with Crippen LogP contribution in [0.4, 0.5) is 0 Å². The second kappa shape index (κ2) is 6.51. The third-order valence-electron chi connectivity index (χ3n) is 4.18. The molecule has 0 unspecified atom stereocenters. The van der Waals surface area contributed by atoms with Gasteiger partial charge in [0.25, 0.3) is 0 Å². The summed E-state index contributed by atoms with van der Waals surface area (Å²) in [4.78, 5) is 25.2. The van der Waals surface area contributed by atoms with Crippen molar-refractivity contribution in [2.24, 2.45) is 5.73 Å². The van der Waals surface area contributed by atoms with Crippen LogP contribution in [0.1, 0.15) is 44.6 Å². The highest BCUT2D eigenvalue weighted by molar-refractivity contribution is 6.03. The molecule has 0 saturated carbocycles. The maximum atomic E-state index is 12.6. The van der Waals surface area contributed by atoms with E-state index in [-0.39, 0.29) is 23.3 Å². The van der Waals surface area contributed by atoms with Crippen molar-refractivity contribution in [1.29, 1.82) is 0 Å². The van der Waals surface area contributed by atoms with E-state index < -0.39 is 11.9 Å². The Labute approximate surface area is 141 Å². The number of nitrogens with two attached hydrogens (primary N) is 1. The zero-order chi connectivity index (χ0) is 17.3. The van der Waals surface area contributed by atoms with E-state index in [1.807, 2.05) is 30.3 Å². The summed E-state index contributed by atoms with van der Waals surface area (Å²) in [6.45, 7) is 3.54. The summed E-state index contributed by atoms with van der Waals surface area (Å²) in [5.41, 5.74) is 7.63. The molecule has 126 valence electrons. The maximum Gasteiger partial charge on any atom is 0.340 e. The Balaban J connectivity index is 2.12. The van der Waals surface area contributed by atoms with Gasteiger partial charge in [0.1, 0.15) is 11.3 Å². The Morgan fingerprint density at radius 1 is 1.25 bits per heavy atom. The predicted octanol–water partition coefficient (Wildman–Crippen LogP) is 2.93. The number of benzene rings is 1. The van der Waals surface area contributed by atoms with E-state index >= 15 is 0 Å². The molecule has 2 N–H and O–H groups in total. The van der Waals surface area contributed by atoms with Crippen molar-refractivity contribution in [3.05, 3.63) is 58.7 Å². The summed E-state index contributed by atoms with van der Waals surface area (Å²) in [7, 11) is 0. The van der Waals surface area contributed by atoms with Gasteiger partial charge in [-0.1, -0.05) is 30.3 Å². The van der Waals surface area contributed by atoms with Crippen LogP contribution in [-0.4, -0.2) is 17.9 Å². The second-order valence-electron chi connectivity index (χ2n) is 6.29. The largest absolute Gasteiger partial charge is 0.459 e. The van der Waals surface area contributed by atoms with Crippen molar-refractivity contribution < 1.29 is 19.1 Å². The summed E-state index contributed by atoms with van der Waals surface area (Å²) in [6.07, 6.45) is 1.56. The highest BCUT2D eigenvalue weighted by Crippen LogP contribution is 2.43. The minimum absolute atomic E-state index is 0.00690. The fourth-order valence-electron chi connectivity index (χ4n) is 3.21. The Bertz CT molecular complexity index is 731. The van der Waals surface area contributed by atoms with Crippen LogP contribution in [0.5, 0.6) is 0 Å². The summed E-state index contributed by atoms with van der Waals surface area (Å²) in [5.74, 6) is -0.454. The molecule has 1 heterocycles. The highest BCUT2D eigenvalue weighted by atomic mass is 16.5. The lowest BCUT2D eigenvalue weighted by Crippen LogP contribution is -2.32. The first kappa shape index (κ1) is 16.3. The van der Waals surface area contributed by atoms with E-state index in [4.69, 9.17) is 15.2 Å². The molecule has 0 amide bonds. The third-order valence-corrected chi connectivity index (χ3v) is 4.18. The average Bonchev–Trinajstić information content (AvgIpc) is 2.53. The van der Waals surface area contributed by atoms with Gasteiger partial charge in [-0.15, -0.1) is 0 Å². The number of Topliss-reactive ketones (excluding diaryl/α,β-unsaturated/α-hetero) is 1. The fraction of sp³-hybridized carbons (Fsp3) is 0.368. The topological polar surface area (TPSA) is 78.6 Å². The quantitative estimate of drug-likeness (QED) is 0.864. The molecule has 1 aromatic rings. The fourth-order valence-corrected chi connectivity index (χ4v) is 3.21. The van der Waals surface area contributed by atoms with Crippen LogP contribution in [0.25, 0.3) is 0 Å². The van der Waals surface area contributed by atoms with Gasteiger partial charge in [0.15, 0.2) is 5.78 Å². The molecule has 2 aliphatic rings. The lowest BCUT2D eigenvalue weighted by Gasteiger charge is -2.32. The van der Waals surface area contributed by atoms with E-state index in [1.54, 1.807) is 13.8 Å². The zero-order valence-corrected chi connectivity index (χ0v) is 13.9. The molecular weight excluding hydrogens is 306 g/mol. The number of carbonyl (C=O) groups excluding carboxylic acids is 2. The SMILES string of the molecule is CC(C)OC(=O)C1=C(N)OC2=C(C(=O)CCC2)[C@@H]1c1ccccc1. The van der Waals surface area contributed by atoms with Gasteiger partial charge in [-0.25, -0.2) is 4.79 Å². The first-order valence-electron chi connectivity index (χ1n) is 8.18. The minimum atomic E-state index is -0.540. The number of carbonyl (C=O) groups is 2. The Kier molecular flexibility index (Phi) is 4.42. The Morgan fingerprint density at radius 2 is 1.96 bits per heavy atom. The molecular formula is C19H21NO4. The van der Waals surface area contributed by atoms with Crippen LogP contribution in [0.15, 0.2) is 53.1 Å². The average molecular weight is 327 g/mol. The maximum absolute atomic E-state index is 12.6. The van der Waals surface area contributed by atoms with E-state index in [2.05, 4.69) is 0 Å². The lowest BCUT2D eigenvalue weighted by molar-refractivity contribution is -0.143. The predicted molar refractivity (Wildman–Crippen MR) is 88.6 cm³/mol. The van der Waals surface area contributed by atoms with Crippen molar-refractivity contribution in [1.82, 2.24) is 0 Å². The van der Waals surface area contributed by atoms with Gasteiger partial charge < -0.3 is 15.2 Å². The van der Waals surface area contributed by atoms with Crippen LogP contribution < -0.4 is 5.73 Å². The smallest absolute Gasteiger partial charge is 0.340 e. The number of ketones is 1. The van der Waals surface area contributed by atoms with Crippen molar-refractivity contribution in [2.75, 3.05) is 0 Å². The van der Waals surface area contributed by atoms with Crippen LogP contribution >= 0.6 is 0 Å². The normalized spacial score (nSPS) is 20.8. The summed E-state index contributed by atoms with van der Waals surface area (Å²) in [6, 6.07) is 9.41. The van der Waals surface area contributed by atoms with E-state index in [0.29, 0.717) is 24.2 Å². The molecule has 1 aliphatic heterocycles. The number of ether oxygens (including phenoxy) is 2. The van der Waals surface area contributed by atoms with Gasteiger partial charge in [-0.05, 0) is 25.8 Å². The third kappa shape index (κ3) is 2.94. The summed E-state index contributed by atoms with van der Waals surface area (Å²) >= 11 is 0. The molecule has 1 aromatic carbocycles. The molecule has 24 heavy (non-hydrogen) atoms. The van der Waals surface area contributed by atoms with Gasteiger partial charge >= 0.3 is 5.97 Å². The van der Waals surface area contributed by atoms with Gasteiger partial charge in [0.05, 0.1) is 12.0 Å².